The summed E-state index contributed by atoms with van der Waals surface area (Å²) in [6.07, 6.45) is 7.64. The first-order chi connectivity index (χ1) is 8.69. The third-order valence-corrected chi connectivity index (χ3v) is 4.15. The van der Waals surface area contributed by atoms with Crippen LogP contribution in [0.5, 0.6) is 5.19 Å². The highest BCUT2D eigenvalue weighted by Gasteiger charge is 2.15. The minimum atomic E-state index is 0.398. The number of hydrogen-bond acceptors (Lipinski definition) is 4. The molecule has 5 heteroatoms. The highest BCUT2D eigenvalue weighted by Crippen LogP contribution is 2.26. The van der Waals surface area contributed by atoms with Crippen LogP contribution >= 0.6 is 11.3 Å². The van der Waals surface area contributed by atoms with Gasteiger partial charge in [0.2, 0.25) is 0 Å². The van der Waals surface area contributed by atoms with Crippen molar-refractivity contribution in [2.24, 2.45) is 0 Å². The molecule has 1 unspecified atom stereocenters. The van der Waals surface area contributed by atoms with Gasteiger partial charge >= 0.3 is 0 Å². The van der Waals surface area contributed by atoms with E-state index in [9.17, 15) is 0 Å². The van der Waals surface area contributed by atoms with E-state index in [4.69, 9.17) is 9.47 Å². The van der Waals surface area contributed by atoms with Crippen LogP contribution in [-0.2, 0) is 4.74 Å². The summed E-state index contributed by atoms with van der Waals surface area (Å²) in [7, 11) is 0. The van der Waals surface area contributed by atoms with Gasteiger partial charge in [0.25, 0.3) is 21.5 Å². The van der Waals surface area contributed by atoms with Crippen LogP contribution in [0.1, 0.15) is 19.8 Å². The molecule has 0 bridgehead atoms. The van der Waals surface area contributed by atoms with Crippen molar-refractivity contribution >= 4 is 27.6 Å². The van der Waals surface area contributed by atoms with E-state index in [0.717, 1.165) is 46.2 Å². The van der Waals surface area contributed by atoms with Crippen molar-refractivity contribution in [3.05, 3.63) is 47.4 Å². The maximum absolute atomic E-state index is 5.79. The molecule has 18 heavy (non-hydrogen) atoms. The summed E-state index contributed by atoms with van der Waals surface area (Å²) in [4.78, 5) is 4.49. The molecule has 0 aliphatic carbocycles. The van der Waals surface area contributed by atoms with Gasteiger partial charge in [0.05, 0.1) is 0 Å². The van der Waals surface area contributed by atoms with Crippen molar-refractivity contribution in [3.8, 4) is 5.19 Å². The van der Waals surface area contributed by atoms with Gasteiger partial charge in [0, 0.05) is 16.5 Å². The lowest BCUT2D eigenvalue weighted by Gasteiger charge is -2.24. The fourth-order valence-electron chi connectivity index (χ4n) is 1.83. The standard InChI is InChI=1S/C13H14NO2S.Al.2H/c1-3-12-11(5-4-7-15-12)9-10(2)16-13-14-6-8-17-13;;;/h3,6-9H,1,4-5H2,2H3;;;/b10-9+;;;. The zero-order valence-electron chi connectivity index (χ0n) is 10.7. The first-order valence-electron chi connectivity index (χ1n) is 5.97. The van der Waals surface area contributed by atoms with Gasteiger partial charge in [0.15, 0.2) is 0 Å². The fraction of sp³-hybridized carbons (Fsp3) is 0.308. The largest absolute Gasteiger partial charge is 0.507 e. The summed E-state index contributed by atoms with van der Waals surface area (Å²) < 4.78 is 11.4. The van der Waals surface area contributed by atoms with Crippen molar-refractivity contribution in [3.63, 3.8) is 0 Å². The number of ether oxygens (including phenoxy) is 2. The third-order valence-electron chi connectivity index (χ3n) is 2.69. The summed E-state index contributed by atoms with van der Waals surface area (Å²) in [6, 6.07) is 0. The normalized spacial score (nSPS) is 20.5. The van der Waals surface area contributed by atoms with E-state index < -0.39 is 0 Å². The summed E-state index contributed by atoms with van der Waals surface area (Å²) in [6.45, 7) is 5.74. The number of nitrogens with zero attached hydrogens (tertiary/aromatic N) is 1. The molecule has 1 atom stereocenters. The van der Waals surface area contributed by atoms with E-state index in [1.807, 2.05) is 18.4 Å². The van der Waals surface area contributed by atoms with Gasteiger partial charge < -0.3 is 9.47 Å². The lowest BCUT2D eigenvalue weighted by atomic mass is 10.1. The monoisotopic (exact) mass is 277 g/mol. The molecule has 0 amide bonds. The first-order valence-corrected chi connectivity index (χ1v) is 8.00. The number of allylic oxidation sites excluding steroid dienone is 4. The number of thiazole rings is 1. The van der Waals surface area contributed by atoms with Crippen LogP contribution < -0.4 is 4.74 Å². The molecular formula is C13H16AlNO2S. The van der Waals surface area contributed by atoms with Crippen LogP contribution in [0.15, 0.2) is 47.4 Å². The maximum atomic E-state index is 5.79. The van der Waals surface area contributed by atoms with E-state index in [1.165, 1.54) is 11.3 Å². The third kappa shape index (κ3) is 3.49. The zero-order chi connectivity index (χ0) is 13.0. The predicted octanol–water partition coefficient (Wildman–Crippen LogP) is 2.64. The predicted molar refractivity (Wildman–Crippen MR) is 76.4 cm³/mol. The second-order valence-corrected chi connectivity index (χ2v) is 6.36. The highest BCUT2D eigenvalue weighted by atomic mass is 32.1. The Morgan fingerprint density at radius 2 is 2.56 bits per heavy atom. The lowest BCUT2D eigenvalue weighted by Crippen LogP contribution is -2.17. The van der Waals surface area contributed by atoms with Gasteiger partial charge in [-0.25, -0.2) is 4.98 Å². The van der Waals surface area contributed by atoms with Crippen LogP contribution in [0.2, 0.25) is 0 Å². The fourth-order valence-corrected chi connectivity index (χ4v) is 2.91. The van der Waals surface area contributed by atoms with Crippen molar-refractivity contribution < 1.29 is 9.47 Å². The molecule has 2 rings (SSSR count). The molecule has 2 heterocycles. The molecule has 3 nitrogen and oxygen atoms in total. The lowest BCUT2D eigenvalue weighted by molar-refractivity contribution is 0.166. The second-order valence-electron chi connectivity index (χ2n) is 4.22. The molecule has 1 aliphatic heterocycles. The van der Waals surface area contributed by atoms with Crippen LogP contribution in [0.25, 0.3) is 0 Å². The van der Waals surface area contributed by atoms with Crippen LogP contribution in [0, 0.1) is 0 Å². The van der Waals surface area contributed by atoms with Gasteiger partial charge in [-0.05, 0) is 37.5 Å². The zero-order valence-corrected chi connectivity index (χ0v) is 13.5. The number of hydrogen-bond donors (Lipinski definition) is 0. The molecule has 1 aliphatic rings. The van der Waals surface area contributed by atoms with Crippen molar-refractivity contribution in [1.82, 2.24) is 4.98 Å². The van der Waals surface area contributed by atoms with E-state index in [2.05, 4.69) is 11.6 Å². The maximum Gasteiger partial charge on any atom is 0.278 e. The Morgan fingerprint density at radius 3 is 3.22 bits per heavy atom. The smallest absolute Gasteiger partial charge is 0.278 e. The Hall–Kier alpha value is -1.02. The average molecular weight is 277 g/mol. The molecule has 0 N–H and O–H groups in total. The minimum absolute atomic E-state index is 0.398. The summed E-state index contributed by atoms with van der Waals surface area (Å²) in [5.74, 6) is 1.72. The Labute approximate surface area is 119 Å². The molecule has 0 saturated heterocycles. The molecule has 0 spiro atoms. The average Bonchev–Trinajstić information content (AvgIpc) is 2.84. The van der Waals surface area contributed by atoms with E-state index >= 15 is 0 Å². The molecule has 0 radical (unpaired) electrons. The Kier molecular flexibility index (Phi) is 4.65. The Morgan fingerprint density at radius 1 is 1.72 bits per heavy atom. The van der Waals surface area contributed by atoms with Crippen molar-refractivity contribution in [1.29, 1.82) is 0 Å². The SMILES string of the molecule is C=CC1=C(/C=C(\C)Oc2nccs2)CC[CH]([AlH2])O1. The summed E-state index contributed by atoms with van der Waals surface area (Å²) in [5.41, 5.74) is 1.16. The Bertz CT molecular complexity index is 479. The van der Waals surface area contributed by atoms with E-state index in [1.54, 1.807) is 12.3 Å². The van der Waals surface area contributed by atoms with E-state index in [0.29, 0.717) is 10.2 Å². The molecule has 1 aromatic heterocycles. The topological polar surface area (TPSA) is 31.4 Å². The Balaban J connectivity index is 2.12. The first kappa shape index (κ1) is 13.4. The van der Waals surface area contributed by atoms with Crippen molar-refractivity contribution in [2.75, 3.05) is 0 Å². The molecule has 94 valence electrons. The minimum Gasteiger partial charge on any atom is -0.507 e. The number of aromatic nitrogens is 1. The highest BCUT2D eigenvalue weighted by molar-refractivity contribution is 7.11. The van der Waals surface area contributed by atoms with Gasteiger partial charge in [-0.3, -0.25) is 0 Å². The van der Waals surface area contributed by atoms with Crippen LogP contribution in [0.3, 0.4) is 0 Å². The molecular weight excluding hydrogens is 261 g/mol. The van der Waals surface area contributed by atoms with Crippen molar-refractivity contribution in [2.45, 2.75) is 24.7 Å². The summed E-state index contributed by atoms with van der Waals surface area (Å²) in [5, 5.41) is 2.56. The van der Waals surface area contributed by atoms with Crippen LogP contribution in [0.4, 0.5) is 0 Å². The second kappa shape index (κ2) is 6.24. The molecule has 0 fully saturated rings. The van der Waals surface area contributed by atoms with Gasteiger partial charge in [-0.2, -0.15) is 0 Å². The van der Waals surface area contributed by atoms with Gasteiger partial charge in [0.1, 0.15) is 11.5 Å². The van der Waals surface area contributed by atoms with Gasteiger partial charge in [-0.15, -0.1) is 0 Å². The number of rotatable bonds is 4. The summed E-state index contributed by atoms with van der Waals surface area (Å²) >= 11 is 2.54. The van der Waals surface area contributed by atoms with E-state index in [-0.39, 0.29) is 0 Å². The molecule has 1 aromatic rings. The van der Waals surface area contributed by atoms with Gasteiger partial charge in [-0.1, -0.05) is 17.9 Å². The molecule has 0 saturated carbocycles. The van der Waals surface area contributed by atoms with Crippen LogP contribution in [-0.4, -0.2) is 26.2 Å². The molecule has 0 aromatic carbocycles. The quantitative estimate of drug-likeness (QED) is 0.626.